The summed E-state index contributed by atoms with van der Waals surface area (Å²) in [7, 11) is 0. The number of anilines is 1. The second-order valence-corrected chi connectivity index (χ2v) is 6.89. The Kier molecular flexibility index (Phi) is 4.55. The molecule has 2 aromatic rings. The summed E-state index contributed by atoms with van der Waals surface area (Å²) in [6, 6.07) is 10.4. The largest absolute Gasteiger partial charge is 0.390 e. The topological polar surface area (TPSA) is 61.6 Å². The molecule has 132 valence electrons. The Labute approximate surface area is 147 Å². The standard InChI is InChI=1S/C19H24N4O2/c24-14-16-11-18-13-21(8-2-10-23(18)20-16)12-15-4-6-17(7-5-15)22-9-1-3-19(22)25/h4-7,11,24H,1-3,8-10,12-14H2. The summed E-state index contributed by atoms with van der Waals surface area (Å²) in [6.45, 7) is 4.50. The zero-order valence-electron chi connectivity index (χ0n) is 14.4. The first-order chi connectivity index (χ1) is 12.2. The van der Waals surface area contributed by atoms with E-state index < -0.39 is 0 Å². The molecule has 0 bridgehead atoms. The number of aliphatic hydroxyl groups excluding tert-OH is 1. The molecule has 1 fully saturated rings. The van der Waals surface area contributed by atoms with Crippen molar-refractivity contribution in [2.75, 3.05) is 18.0 Å². The number of hydrogen-bond donors (Lipinski definition) is 1. The second kappa shape index (κ2) is 6.98. The molecule has 1 saturated heterocycles. The first-order valence-electron chi connectivity index (χ1n) is 9.01. The third kappa shape index (κ3) is 3.45. The first-order valence-corrected chi connectivity index (χ1v) is 9.01. The van der Waals surface area contributed by atoms with Gasteiger partial charge in [0.15, 0.2) is 0 Å². The minimum atomic E-state index is -0.00329. The van der Waals surface area contributed by atoms with Crippen LogP contribution < -0.4 is 4.90 Å². The lowest BCUT2D eigenvalue weighted by Gasteiger charge is -2.20. The molecule has 1 N–H and O–H groups in total. The van der Waals surface area contributed by atoms with Gasteiger partial charge in [0.05, 0.1) is 18.0 Å². The van der Waals surface area contributed by atoms with E-state index in [1.165, 1.54) is 11.3 Å². The van der Waals surface area contributed by atoms with Gasteiger partial charge in [-0.15, -0.1) is 0 Å². The molecule has 1 amide bonds. The number of aromatic nitrogens is 2. The van der Waals surface area contributed by atoms with E-state index in [9.17, 15) is 9.90 Å². The average molecular weight is 340 g/mol. The molecular weight excluding hydrogens is 316 g/mol. The zero-order valence-corrected chi connectivity index (χ0v) is 14.4. The van der Waals surface area contributed by atoms with Gasteiger partial charge in [-0.05, 0) is 36.6 Å². The molecule has 0 spiro atoms. The molecule has 0 saturated carbocycles. The van der Waals surface area contributed by atoms with E-state index >= 15 is 0 Å². The Balaban J connectivity index is 1.43. The lowest BCUT2D eigenvalue weighted by atomic mass is 10.1. The minimum Gasteiger partial charge on any atom is -0.390 e. The highest BCUT2D eigenvalue weighted by Crippen LogP contribution is 2.23. The fourth-order valence-corrected chi connectivity index (χ4v) is 3.76. The van der Waals surface area contributed by atoms with E-state index in [2.05, 4.69) is 34.3 Å². The lowest BCUT2D eigenvalue weighted by molar-refractivity contribution is -0.117. The lowest BCUT2D eigenvalue weighted by Crippen LogP contribution is -2.24. The number of nitrogens with zero attached hydrogens (tertiary/aromatic N) is 4. The molecular formula is C19H24N4O2. The maximum Gasteiger partial charge on any atom is 0.227 e. The van der Waals surface area contributed by atoms with Gasteiger partial charge in [0.1, 0.15) is 0 Å². The molecule has 6 nitrogen and oxygen atoms in total. The monoisotopic (exact) mass is 340 g/mol. The van der Waals surface area contributed by atoms with Crippen molar-refractivity contribution in [2.24, 2.45) is 0 Å². The molecule has 6 heteroatoms. The van der Waals surface area contributed by atoms with Crippen LogP contribution in [0, 0.1) is 0 Å². The van der Waals surface area contributed by atoms with Crippen LogP contribution in [0.3, 0.4) is 0 Å². The normalized spacial score (nSPS) is 18.4. The van der Waals surface area contributed by atoms with Crippen molar-refractivity contribution >= 4 is 11.6 Å². The van der Waals surface area contributed by atoms with Crippen LogP contribution in [0.4, 0.5) is 5.69 Å². The van der Waals surface area contributed by atoms with Gasteiger partial charge in [-0.25, -0.2) is 0 Å². The number of fused-ring (bicyclic) bond motifs is 1. The van der Waals surface area contributed by atoms with Crippen molar-refractivity contribution in [3.8, 4) is 0 Å². The Morgan fingerprint density at radius 1 is 1.08 bits per heavy atom. The zero-order chi connectivity index (χ0) is 17.2. The summed E-state index contributed by atoms with van der Waals surface area (Å²) in [6.07, 6.45) is 2.68. The first kappa shape index (κ1) is 16.3. The highest BCUT2D eigenvalue weighted by Gasteiger charge is 2.21. The van der Waals surface area contributed by atoms with Crippen LogP contribution in [0.2, 0.25) is 0 Å². The predicted molar refractivity (Wildman–Crippen MR) is 94.9 cm³/mol. The highest BCUT2D eigenvalue weighted by atomic mass is 16.3. The molecule has 0 aliphatic carbocycles. The summed E-state index contributed by atoms with van der Waals surface area (Å²) in [5, 5.41) is 13.7. The maximum atomic E-state index is 11.9. The third-order valence-electron chi connectivity index (χ3n) is 5.03. The van der Waals surface area contributed by atoms with E-state index in [4.69, 9.17) is 0 Å². The molecule has 2 aliphatic heterocycles. The van der Waals surface area contributed by atoms with Crippen LogP contribution in [0.15, 0.2) is 30.3 Å². The van der Waals surface area contributed by atoms with Gasteiger partial charge < -0.3 is 10.0 Å². The smallest absolute Gasteiger partial charge is 0.227 e. The van der Waals surface area contributed by atoms with Crippen LogP contribution in [0.5, 0.6) is 0 Å². The van der Waals surface area contributed by atoms with Crippen LogP contribution in [-0.4, -0.2) is 38.8 Å². The molecule has 4 rings (SSSR count). The minimum absolute atomic E-state index is 0.00329. The predicted octanol–water partition coefficient (Wildman–Crippen LogP) is 1.91. The van der Waals surface area contributed by atoms with Crippen molar-refractivity contribution in [3.63, 3.8) is 0 Å². The number of benzene rings is 1. The number of carbonyl (C=O) groups is 1. The van der Waals surface area contributed by atoms with Gasteiger partial charge in [0.25, 0.3) is 0 Å². The Morgan fingerprint density at radius 2 is 1.92 bits per heavy atom. The van der Waals surface area contributed by atoms with Crippen molar-refractivity contribution < 1.29 is 9.90 Å². The summed E-state index contributed by atoms with van der Waals surface area (Å²) >= 11 is 0. The fraction of sp³-hybridized carbons (Fsp3) is 0.474. The van der Waals surface area contributed by atoms with Gasteiger partial charge in [-0.3, -0.25) is 14.4 Å². The van der Waals surface area contributed by atoms with E-state index in [1.807, 2.05) is 15.6 Å². The van der Waals surface area contributed by atoms with E-state index in [0.29, 0.717) is 6.42 Å². The summed E-state index contributed by atoms with van der Waals surface area (Å²) in [5.74, 6) is 0.230. The Bertz CT molecular complexity index is 753. The number of carbonyl (C=O) groups excluding carboxylic acids is 1. The Morgan fingerprint density at radius 3 is 2.64 bits per heavy atom. The van der Waals surface area contributed by atoms with Crippen molar-refractivity contribution in [2.45, 2.75) is 45.5 Å². The molecule has 1 aromatic carbocycles. The van der Waals surface area contributed by atoms with Crippen molar-refractivity contribution in [1.29, 1.82) is 0 Å². The summed E-state index contributed by atoms with van der Waals surface area (Å²) in [4.78, 5) is 16.1. The summed E-state index contributed by atoms with van der Waals surface area (Å²) in [5.41, 5.74) is 4.18. The number of hydrogen-bond acceptors (Lipinski definition) is 4. The molecule has 3 heterocycles. The van der Waals surface area contributed by atoms with Gasteiger partial charge in [-0.2, -0.15) is 5.10 Å². The number of rotatable bonds is 4. The van der Waals surface area contributed by atoms with Crippen molar-refractivity contribution in [1.82, 2.24) is 14.7 Å². The molecule has 0 atom stereocenters. The van der Waals surface area contributed by atoms with E-state index in [0.717, 1.165) is 56.9 Å². The molecule has 2 aliphatic rings. The van der Waals surface area contributed by atoms with Crippen LogP contribution in [0.1, 0.15) is 36.2 Å². The van der Waals surface area contributed by atoms with Crippen LogP contribution in [0.25, 0.3) is 0 Å². The average Bonchev–Trinajstić information content (AvgIpc) is 3.17. The van der Waals surface area contributed by atoms with Crippen LogP contribution in [-0.2, 0) is 31.0 Å². The number of aryl methyl sites for hydroxylation is 1. The second-order valence-electron chi connectivity index (χ2n) is 6.89. The number of aliphatic hydroxyl groups is 1. The van der Waals surface area contributed by atoms with E-state index in [-0.39, 0.29) is 12.5 Å². The Hall–Kier alpha value is -2.18. The van der Waals surface area contributed by atoms with Gasteiger partial charge >= 0.3 is 0 Å². The fourth-order valence-electron chi connectivity index (χ4n) is 3.76. The SMILES string of the molecule is O=C1CCCN1c1ccc(CN2CCCn3nc(CO)cc3C2)cc1. The van der Waals surface area contributed by atoms with Gasteiger partial charge in [0.2, 0.25) is 5.91 Å². The number of amides is 1. The van der Waals surface area contributed by atoms with Crippen molar-refractivity contribution in [3.05, 3.63) is 47.3 Å². The van der Waals surface area contributed by atoms with Gasteiger partial charge in [0, 0.05) is 44.8 Å². The molecule has 0 radical (unpaired) electrons. The highest BCUT2D eigenvalue weighted by molar-refractivity contribution is 5.95. The molecule has 25 heavy (non-hydrogen) atoms. The van der Waals surface area contributed by atoms with Crippen LogP contribution >= 0.6 is 0 Å². The maximum absolute atomic E-state index is 11.9. The molecule has 1 aromatic heterocycles. The summed E-state index contributed by atoms with van der Waals surface area (Å²) < 4.78 is 2.02. The molecule has 0 unspecified atom stereocenters. The van der Waals surface area contributed by atoms with Gasteiger partial charge in [-0.1, -0.05) is 12.1 Å². The van der Waals surface area contributed by atoms with E-state index in [1.54, 1.807) is 0 Å². The third-order valence-corrected chi connectivity index (χ3v) is 5.03. The quantitative estimate of drug-likeness (QED) is 0.924.